The van der Waals surface area contributed by atoms with E-state index in [4.69, 9.17) is 0 Å². The second kappa shape index (κ2) is 8.86. The summed E-state index contributed by atoms with van der Waals surface area (Å²) in [7, 11) is 1.65. The Morgan fingerprint density at radius 2 is 1.39 bits per heavy atom. The summed E-state index contributed by atoms with van der Waals surface area (Å²) >= 11 is 0. The number of carboxylic acids is 1. The molecule has 2 N–H and O–H groups in total. The lowest BCUT2D eigenvalue weighted by Gasteiger charge is -2.23. The average Bonchev–Trinajstić information content (AvgIpc) is 2.73. The Morgan fingerprint density at radius 1 is 0.857 bits per heavy atom. The fourth-order valence-corrected chi connectivity index (χ4v) is 3.06. The van der Waals surface area contributed by atoms with Crippen molar-refractivity contribution in [3.05, 3.63) is 101 Å². The van der Waals surface area contributed by atoms with Gasteiger partial charge >= 0.3 is 5.97 Å². The molecule has 142 valence electrons. The van der Waals surface area contributed by atoms with Gasteiger partial charge in [-0.15, -0.1) is 0 Å². The van der Waals surface area contributed by atoms with Crippen LogP contribution in [0.3, 0.4) is 0 Å². The summed E-state index contributed by atoms with van der Waals surface area (Å²) in [5.74, 6) is -1.28. The van der Waals surface area contributed by atoms with E-state index < -0.39 is 5.97 Å². The molecule has 28 heavy (non-hydrogen) atoms. The molecular formula is C23H22N2O3. The molecule has 3 aromatic carbocycles. The van der Waals surface area contributed by atoms with Gasteiger partial charge in [0, 0.05) is 31.4 Å². The molecule has 0 aliphatic rings. The van der Waals surface area contributed by atoms with Gasteiger partial charge in [-0.3, -0.25) is 4.79 Å². The highest BCUT2D eigenvalue weighted by Crippen LogP contribution is 2.20. The van der Waals surface area contributed by atoms with Crippen molar-refractivity contribution < 1.29 is 14.7 Å². The normalized spacial score (nSPS) is 10.3. The SMILES string of the molecule is CNc1ccc(C(=O)N(Cc2ccccc2)Cc2ccccc2)cc1C(=O)O. The van der Waals surface area contributed by atoms with Crippen LogP contribution < -0.4 is 5.32 Å². The lowest BCUT2D eigenvalue weighted by molar-refractivity contribution is 0.0698. The Balaban J connectivity index is 1.93. The minimum Gasteiger partial charge on any atom is -0.478 e. The van der Waals surface area contributed by atoms with Gasteiger partial charge in [-0.05, 0) is 29.3 Å². The third-order valence-corrected chi connectivity index (χ3v) is 4.49. The lowest BCUT2D eigenvalue weighted by atomic mass is 10.1. The number of nitrogens with one attached hydrogen (secondary N) is 1. The first kappa shape index (κ1) is 19.2. The zero-order valence-electron chi connectivity index (χ0n) is 15.6. The maximum atomic E-state index is 13.2. The molecule has 0 radical (unpaired) electrons. The van der Waals surface area contributed by atoms with Gasteiger partial charge < -0.3 is 15.3 Å². The summed E-state index contributed by atoms with van der Waals surface area (Å²) in [5.41, 5.74) is 2.92. The molecule has 0 atom stereocenters. The van der Waals surface area contributed by atoms with Gasteiger partial charge in [-0.25, -0.2) is 4.79 Å². The second-order valence-electron chi connectivity index (χ2n) is 6.45. The summed E-state index contributed by atoms with van der Waals surface area (Å²) in [6.07, 6.45) is 0. The van der Waals surface area contributed by atoms with Gasteiger partial charge in [0.15, 0.2) is 0 Å². The number of nitrogens with zero attached hydrogens (tertiary/aromatic N) is 1. The Kier molecular flexibility index (Phi) is 6.07. The number of carbonyl (C=O) groups excluding carboxylic acids is 1. The van der Waals surface area contributed by atoms with Crippen molar-refractivity contribution in [1.82, 2.24) is 4.90 Å². The molecular weight excluding hydrogens is 352 g/mol. The summed E-state index contributed by atoms with van der Waals surface area (Å²) in [5, 5.41) is 12.3. The topological polar surface area (TPSA) is 69.6 Å². The fourth-order valence-electron chi connectivity index (χ4n) is 3.06. The smallest absolute Gasteiger partial charge is 0.337 e. The van der Waals surface area contributed by atoms with Crippen molar-refractivity contribution in [1.29, 1.82) is 0 Å². The number of carboxylic acid groups (broad SMARTS) is 1. The van der Waals surface area contributed by atoms with Crippen LogP contribution in [0.5, 0.6) is 0 Å². The van der Waals surface area contributed by atoms with Crippen LogP contribution in [-0.4, -0.2) is 28.9 Å². The second-order valence-corrected chi connectivity index (χ2v) is 6.45. The third-order valence-electron chi connectivity index (χ3n) is 4.49. The predicted molar refractivity (Wildman–Crippen MR) is 109 cm³/mol. The van der Waals surface area contributed by atoms with Gasteiger partial charge in [0.1, 0.15) is 0 Å². The molecule has 0 unspecified atom stereocenters. The minimum atomic E-state index is -1.07. The van der Waals surface area contributed by atoms with Crippen LogP contribution in [0.2, 0.25) is 0 Å². The summed E-state index contributed by atoms with van der Waals surface area (Å²) in [6, 6.07) is 24.2. The molecule has 0 fully saturated rings. The van der Waals surface area contributed by atoms with Crippen molar-refractivity contribution in [2.45, 2.75) is 13.1 Å². The molecule has 5 heteroatoms. The van der Waals surface area contributed by atoms with E-state index in [1.54, 1.807) is 24.1 Å². The van der Waals surface area contributed by atoms with E-state index in [1.165, 1.54) is 6.07 Å². The van der Waals surface area contributed by atoms with Gasteiger partial charge in [0.25, 0.3) is 5.91 Å². The van der Waals surface area contributed by atoms with E-state index in [-0.39, 0.29) is 11.5 Å². The van der Waals surface area contributed by atoms with Crippen LogP contribution in [-0.2, 0) is 13.1 Å². The lowest BCUT2D eigenvalue weighted by Crippen LogP contribution is -2.30. The summed E-state index contributed by atoms with van der Waals surface area (Å²) < 4.78 is 0. The zero-order valence-corrected chi connectivity index (χ0v) is 15.6. The van der Waals surface area contributed by atoms with Crippen molar-refractivity contribution in [3.8, 4) is 0 Å². The highest BCUT2D eigenvalue weighted by molar-refractivity contribution is 6.00. The van der Waals surface area contributed by atoms with Crippen LogP contribution in [0.15, 0.2) is 78.9 Å². The van der Waals surface area contributed by atoms with Crippen molar-refractivity contribution in [2.75, 3.05) is 12.4 Å². The molecule has 0 spiro atoms. The van der Waals surface area contributed by atoms with E-state index in [1.807, 2.05) is 60.7 Å². The van der Waals surface area contributed by atoms with Crippen LogP contribution in [0.1, 0.15) is 31.8 Å². The monoisotopic (exact) mass is 374 g/mol. The number of hydrogen-bond acceptors (Lipinski definition) is 3. The first-order valence-corrected chi connectivity index (χ1v) is 9.00. The van der Waals surface area contributed by atoms with Gasteiger partial charge in [-0.1, -0.05) is 60.7 Å². The number of hydrogen-bond donors (Lipinski definition) is 2. The number of rotatable bonds is 7. The van der Waals surface area contributed by atoms with Crippen LogP contribution in [0.4, 0.5) is 5.69 Å². The molecule has 0 aliphatic carbocycles. The number of amides is 1. The highest BCUT2D eigenvalue weighted by Gasteiger charge is 2.19. The van der Waals surface area contributed by atoms with E-state index >= 15 is 0 Å². The molecule has 3 aromatic rings. The highest BCUT2D eigenvalue weighted by atomic mass is 16.4. The molecule has 0 saturated heterocycles. The molecule has 0 heterocycles. The first-order valence-electron chi connectivity index (χ1n) is 9.00. The zero-order chi connectivity index (χ0) is 19.9. The van der Waals surface area contributed by atoms with Gasteiger partial charge in [0.2, 0.25) is 0 Å². The fraction of sp³-hybridized carbons (Fsp3) is 0.130. The number of anilines is 1. The van der Waals surface area contributed by atoms with Gasteiger partial charge in [-0.2, -0.15) is 0 Å². The molecule has 0 aromatic heterocycles. The molecule has 0 saturated carbocycles. The van der Waals surface area contributed by atoms with Crippen molar-refractivity contribution >= 4 is 17.6 Å². The number of benzene rings is 3. The average molecular weight is 374 g/mol. The molecule has 5 nitrogen and oxygen atoms in total. The maximum absolute atomic E-state index is 13.2. The van der Waals surface area contributed by atoms with E-state index in [0.29, 0.717) is 24.3 Å². The largest absolute Gasteiger partial charge is 0.478 e. The standard InChI is InChI=1S/C23H22N2O3/c1-24-21-13-12-19(14-20(21)23(27)28)22(26)25(15-17-8-4-2-5-9-17)16-18-10-6-3-7-11-18/h2-14,24H,15-16H2,1H3,(H,27,28). The summed E-state index contributed by atoms with van der Waals surface area (Å²) in [6.45, 7) is 0.871. The van der Waals surface area contributed by atoms with Gasteiger partial charge in [0.05, 0.1) is 5.56 Å². The van der Waals surface area contributed by atoms with Crippen molar-refractivity contribution in [3.63, 3.8) is 0 Å². The predicted octanol–water partition coefficient (Wildman–Crippen LogP) is 4.27. The van der Waals surface area contributed by atoms with Crippen LogP contribution >= 0.6 is 0 Å². The quantitative estimate of drug-likeness (QED) is 0.648. The Hall–Kier alpha value is -3.60. The van der Waals surface area contributed by atoms with E-state index in [0.717, 1.165) is 11.1 Å². The molecule has 1 amide bonds. The Morgan fingerprint density at radius 3 is 1.86 bits per heavy atom. The van der Waals surface area contributed by atoms with E-state index in [2.05, 4.69) is 5.32 Å². The number of carbonyl (C=O) groups is 2. The minimum absolute atomic E-state index is 0.0766. The maximum Gasteiger partial charge on any atom is 0.337 e. The third kappa shape index (κ3) is 4.57. The Bertz CT molecular complexity index is 915. The van der Waals surface area contributed by atoms with E-state index in [9.17, 15) is 14.7 Å². The molecule has 0 aliphatic heterocycles. The van der Waals surface area contributed by atoms with Crippen LogP contribution in [0.25, 0.3) is 0 Å². The molecule has 0 bridgehead atoms. The number of aromatic carboxylic acids is 1. The summed E-state index contributed by atoms with van der Waals surface area (Å²) in [4.78, 5) is 26.5. The van der Waals surface area contributed by atoms with Crippen molar-refractivity contribution in [2.24, 2.45) is 0 Å². The molecule has 3 rings (SSSR count). The first-order chi connectivity index (χ1) is 13.6. The van der Waals surface area contributed by atoms with Crippen LogP contribution in [0, 0.1) is 0 Å². The Labute approximate surface area is 164 Å².